The molecule has 0 bridgehead atoms. The Bertz CT molecular complexity index is 776. The molecule has 1 aromatic heterocycles. The van der Waals surface area contributed by atoms with Crippen LogP contribution in [0.3, 0.4) is 0 Å². The average Bonchev–Trinajstić information content (AvgIpc) is 3.04. The van der Waals surface area contributed by atoms with Gasteiger partial charge in [-0.05, 0) is 30.7 Å². The fourth-order valence-corrected chi connectivity index (χ4v) is 2.26. The van der Waals surface area contributed by atoms with E-state index in [4.69, 9.17) is 4.84 Å². The van der Waals surface area contributed by atoms with E-state index in [1.807, 2.05) is 36.7 Å². The molecule has 0 aliphatic carbocycles. The van der Waals surface area contributed by atoms with E-state index in [2.05, 4.69) is 40.5 Å². The Morgan fingerprint density at radius 3 is 2.73 bits per heavy atom. The van der Waals surface area contributed by atoms with Gasteiger partial charge in [-0.25, -0.2) is 4.98 Å². The second-order valence-electron chi connectivity index (χ2n) is 5.49. The topological polar surface area (TPSA) is 39.4 Å². The highest BCUT2D eigenvalue weighted by Gasteiger charge is 2.08. The normalized spacial score (nSPS) is 12.0. The van der Waals surface area contributed by atoms with Gasteiger partial charge in [-0.2, -0.15) is 0 Å². The minimum atomic E-state index is 0.0539. The summed E-state index contributed by atoms with van der Waals surface area (Å²) in [5.41, 5.74) is 1.95. The maximum Gasteiger partial charge on any atom is 0.122 e. The quantitative estimate of drug-likeness (QED) is 0.529. The third kappa shape index (κ3) is 3.34. The van der Waals surface area contributed by atoms with E-state index in [1.54, 1.807) is 12.5 Å². The zero-order valence-corrected chi connectivity index (χ0v) is 12.8. The van der Waals surface area contributed by atoms with E-state index < -0.39 is 0 Å². The van der Waals surface area contributed by atoms with Gasteiger partial charge in [0.1, 0.15) is 11.8 Å². The molecule has 3 rings (SSSR count). The molecule has 22 heavy (non-hydrogen) atoms. The monoisotopic (exact) mass is 293 g/mol. The number of nitrogens with zero attached hydrogens (tertiary/aromatic N) is 3. The van der Waals surface area contributed by atoms with E-state index in [9.17, 15) is 0 Å². The molecule has 4 nitrogen and oxygen atoms in total. The van der Waals surface area contributed by atoms with Gasteiger partial charge in [0.15, 0.2) is 0 Å². The molecule has 3 aromatic rings. The molecule has 0 atom stereocenters. The van der Waals surface area contributed by atoms with Crippen molar-refractivity contribution >= 4 is 16.5 Å². The van der Waals surface area contributed by atoms with Gasteiger partial charge in [-0.15, -0.1) is 0 Å². The molecule has 1 heterocycles. The predicted molar refractivity (Wildman–Crippen MR) is 88.9 cm³/mol. The number of imidazole rings is 1. The molecular weight excluding hydrogens is 274 g/mol. The lowest BCUT2D eigenvalue weighted by atomic mass is 10.0. The molecule has 4 heteroatoms. The Morgan fingerprint density at radius 1 is 1.18 bits per heavy atom. The third-order valence-corrected chi connectivity index (χ3v) is 3.35. The van der Waals surface area contributed by atoms with Crippen molar-refractivity contribution in [2.45, 2.75) is 26.5 Å². The Kier molecular flexibility index (Phi) is 4.19. The van der Waals surface area contributed by atoms with E-state index in [-0.39, 0.29) is 6.10 Å². The zero-order chi connectivity index (χ0) is 15.4. The maximum atomic E-state index is 5.47. The number of oxime groups is 1. The van der Waals surface area contributed by atoms with Crippen LogP contribution in [-0.2, 0) is 11.4 Å². The summed E-state index contributed by atoms with van der Waals surface area (Å²) in [5, 5.41) is 6.76. The Hall–Kier alpha value is -2.62. The van der Waals surface area contributed by atoms with Crippen LogP contribution in [-0.4, -0.2) is 21.4 Å². The van der Waals surface area contributed by atoms with Crippen molar-refractivity contribution in [1.29, 1.82) is 0 Å². The first-order chi connectivity index (χ1) is 10.7. The van der Waals surface area contributed by atoms with Gasteiger partial charge in [0.2, 0.25) is 0 Å². The van der Waals surface area contributed by atoms with E-state index in [0.29, 0.717) is 6.54 Å². The lowest BCUT2D eigenvalue weighted by Gasteiger charge is -2.10. The fourth-order valence-electron chi connectivity index (χ4n) is 2.26. The van der Waals surface area contributed by atoms with Gasteiger partial charge in [0, 0.05) is 18.0 Å². The van der Waals surface area contributed by atoms with Crippen LogP contribution in [0, 0.1) is 0 Å². The highest BCUT2D eigenvalue weighted by atomic mass is 16.6. The van der Waals surface area contributed by atoms with Crippen LogP contribution in [0.4, 0.5) is 0 Å². The average molecular weight is 293 g/mol. The van der Waals surface area contributed by atoms with Gasteiger partial charge in [0.05, 0.1) is 12.9 Å². The molecule has 0 unspecified atom stereocenters. The second kappa shape index (κ2) is 6.43. The first kappa shape index (κ1) is 14.3. The van der Waals surface area contributed by atoms with Crippen molar-refractivity contribution in [3.05, 3.63) is 66.7 Å². The molecule has 0 aliphatic rings. The van der Waals surface area contributed by atoms with Crippen LogP contribution >= 0.6 is 0 Å². The van der Waals surface area contributed by atoms with Crippen molar-refractivity contribution in [3.8, 4) is 0 Å². The molecule has 0 aliphatic heterocycles. The van der Waals surface area contributed by atoms with Crippen molar-refractivity contribution in [3.63, 3.8) is 0 Å². The Morgan fingerprint density at radius 2 is 2.00 bits per heavy atom. The number of hydrogen-bond acceptors (Lipinski definition) is 3. The van der Waals surface area contributed by atoms with Gasteiger partial charge < -0.3 is 9.40 Å². The summed E-state index contributed by atoms with van der Waals surface area (Å²) >= 11 is 0. The van der Waals surface area contributed by atoms with Crippen molar-refractivity contribution in [2.24, 2.45) is 5.16 Å². The smallest absolute Gasteiger partial charge is 0.122 e. The van der Waals surface area contributed by atoms with Gasteiger partial charge in [-0.3, -0.25) is 0 Å². The third-order valence-electron chi connectivity index (χ3n) is 3.35. The number of rotatable bonds is 5. The Labute approximate surface area is 130 Å². The van der Waals surface area contributed by atoms with Crippen LogP contribution in [0.1, 0.15) is 19.4 Å². The number of benzene rings is 2. The van der Waals surface area contributed by atoms with Crippen LogP contribution in [0.15, 0.2) is 66.3 Å². The molecule has 0 fully saturated rings. The number of hydrogen-bond donors (Lipinski definition) is 0. The first-order valence-electron chi connectivity index (χ1n) is 7.40. The van der Waals surface area contributed by atoms with E-state index >= 15 is 0 Å². The molecule has 0 N–H and O–H groups in total. The van der Waals surface area contributed by atoms with E-state index in [0.717, 1.165) is 11.3 Å². The predicted octanol–water partition coefficient (Wildman–Crippen LogP) is 3.87. The molecule has 0 saturated carbocycles. The molecule has 0 radical (unpaired) electrons. The highest BCUT2D eigenvalue weighted by Crippen LogP contribution is 2.17. The van der Waals surface area contributed by atoms with Crippen molar-refractivity contribution in [2.75, 3.05) is 0 Å². The summed E-state index contributed by atoms with van der Waals surface area (Å²) in [5.74, 6) is 0. The number of aromatic nitrogens is 2. The zero-order valence-electron chi connectivity index (χ0n) is 12.8. The molecule has 0 amide bonds. The van der Waals surface area contributed by atoms with Gasteiger partial charge >= 0.3 is 0 Å². The molecule has 0 spiro atoms. The standard InChI is InChI=1S/C18H19N3O/c1-14(2)22-20-18(12-21-10-9-19-13-21)17-8-7-15-5-3-4-6-16(15)11-17/h3-11,13-14H,12H2,1-2H3/b20-18+. The minimum absolute atomic E-state index is 0.0539. The summed E-state index contributed by atoms with van der Waals surface area (Å²) < 4.78 is 1.98. The summed E-state index contributed by atoms with van der Waals surface area (Å²) in [6.45, 7) is 4.57. The summed E-state index contributed by atoms with van der Waals surface area (Å²) in [7, 11) is 0. The molecule has 2 aromatic carbocycles. The largest absolute Gasteiger partial charge is 0.393 e. The minimum Gasteiger partial charge on any atom is -0.393 e. The summed E-state index contributed by atoms with van der Waals surface area (Å²) in [6, 6.07) is 14.7. The molecule has 112 valence electrons. The first-order valence-corrected chi connectivity index (χ1v) is 7.40. The van der Waals surface area contributed by atoms with Gasteiger partial charge in [-0.1, -0.05) is 41.6 Å². The second-order valence-corrected chi connectivity index (χ2v) is 5.49. The summed E-state index contributed by atoms with van der Waals surface area (Å²) in [6.07, 6.45) is 5.53. The van der Waals surface area contributed by atoms with Gasteiger partial charge in [0.25, 0.3) is 0 Å². The molecule has 0 saturated heterocycles. The SMILES string of the molecule is CC(C)O/N=C(\Cn1ccnc1)c1ccc2ccccc2c1. The fraction of sp³-hybridized carbons (Fsp3) is 0.222. The lowest BCUT2D eigenvalue weighted by molar-refractivity contribution is 0.0855. The Balaban J connectivity index is 1.97. The summed E-state index contributed by atoms with van der Waals surface area (Å²) in [4.78, 5) is 9.55. The van der Waals surface area contributed by atoms with Crippen LogP contribution in [0.5, 0.6) is 0 Å². The number of fused-ring (bicyclic) bond motifs is 1. The lowest BCUT2D eigenvalue weighted by Crippen LogP contribution is -2.12. The van der Waals surface area contributed by atoms with Crippen LogP contribution < -0.4 is 0 Å². The maximum absolute atomic E-state index is 5.47. The van der Waals surface area contributed by atoms with Crippen molar-refractivity contribution in [1.82, 2.24) is 9.55 Å². The van der Waals surface area contributed by atoms with Crippen molar-refractivity contribution < 1.29 is 4.84 Å². The van der Waals surface area contributed by atoms with Crippen LogP contribution in [0.25, 0.3) is 10.8 Å². The molecular formula is C18H19N3O. The van der Waals surface area contributed by atoms with E-state index in [1.165, 1.54) is 10.8 Å². The van der Waals surface area contributed by atoms with Crippen LogP contribution in [0.2, 0.25) is 0 Å². The highest BCUT2D eigenvalue weighted by molar-refractivity contribution is 6.03.